The van der Waals surface area contributed by atoms with E-state index in [1.807, 2.05) is 18.2 Å². The van der Waals surface area contributed by atoms with Crippen LogP contribution in [0.1, 0.15) is 19.5 Å². The van der Waals surface area contributed by atoms with Gasteiger partial charge >= 0.3 is 0 Å². The largest absolute Gasteiger partial charge is 0.370 e. The van der Waals surface area contributed by atoms with E-state index in [0.29, 0.717) is 11.6 Å². The van der Waals surface area contributed by atoms with Crippen molar-refractivity contribution in [3.05, 3.63) is 36.4 Å². The smallest absolute Gasteiger partial charge is 0.140 e. The third-order valence-electron chi connectivity index (χ3n) is 2.53. The van der Waals surface area contributed by atoms with Crippen LogP contribution < -0.4 is 5.32 Å². The summed E-state index contributed by atoms with van der Waals surface area (Å²) in [5, 5.41) is 12.0. The Bertz CT molecular complexity index is 584. The quantitative estimate of drug-likeness (QED) is 0.906. The van der Waals surface area contributed by atoms with Gasteiger partial charge in [-0.1, -0.05) is 13.8 Å². The van der Waals surface area contributed by atoms with Crippen LogP contribution in [0.4, 0.5) is 5.82 Å². The van der Waals surface area contributed by atoms with E-state index in [1.165, 1.54) is 6.33 Å². The van der Waals surface area contributed by atoms with E-state index in [0.717, 1.165) is 23.6 Å². The van der Waals surface area contributed by atoms with Crippen LogP contribution in [-0.4, -0.2) is 21.5 Å². The average molecular weight is 253 g/mol. The summed E-state index contributed by atoms with van der Waals surface area (Å²) in [6.45, 7) is 5.14. The molecule has 0 aliphatic heterocycles. The lowest BCUT2D eigenvalue weighted by Crippen LogP contribution is -2.09. The summed E-state index contributed by atoms with van der Waals surface area (Å²) < 4.78 is 0. The molecular formula is C14H15N5. The highest BCUT2D eigenvalue weighted by atomic mass is 15.0. The van der Waals surface area contributed by atoms with Gasteiger partial charge in [0.2, 0.25) is 0 Å². The van der Waals surface area contributed by atoms with Gasteiger partial charge in [-0.15, -0.1) is 0 Å². The molecule has 0 saturated heterocycles. The summed E-state index contributed by atoms with van der Waals surface area (Å²) in [5.74, 6) is 1.35. The number of pyridine rings is 1. The molecule has 2 heterocycles. The maximum Gasteiger partial charge on any atom is 0.140 e. The molecule has 2 aromatic rings. The minimum atomic E-state index is 0.399. The van der Waals surface area contributed by atoms with Gasteiger partial charge in [-0.3, -0.25) is 0 Å². The Labute approximate surface area is 112 Å². The zero-order valence-electron chi connectivity index (χ0n) is 11.0. The van der Waals surface area contributed by atoms with Crippen molar-refractivity contribution < 1.29 is 0 Å². The Morgan fingerprint density at radius 3 is 2.74 bits per heavy atom. The van der Waals surface area contributed by atoms with Crippen LogP contribution >= 0.6 is 0 Å². The van der Waals surface area contributed by atoms with Gasteiger partial charge in [-0.25, -0.2) is 15.0 Å². The number of nitrogens with zero attached hydrogens (tertiary/aromatic N) is 4. The van der Waals surface area contributed by atoms with Crippen molar-refractivity contribution in [3.63, 3.8) is 0 Å². The lowest BCUT2D eigenvalue weighted by atomic mass is 10.2. The fraction of sp³-hybridized carbons (Fsp3) is 0.286. The molecule has 0 aliphatic rings. The molecule has 0 amide bonds. The molecule has 0 aliphatic carbocycles. The molecule has 96 valence electrons. The van der Waals surface area contributed by atoms with Crippen LogP contribution in [0, 0.1) is 17.2 Å². The Kier molecular flexibility index (Phi) is 4.04. The van der Waals surface area contributed by atoms with Crippen LogP contribution in [-0.2, 0) is 0 Å². The molecule has 5 nitrogen and oxygen atoms in total. The van der Waals surface area contributed by atoms with Crippen molar-refractivity contribution in [1.82, 2.24) is 15.0 Å². The predicted molar refractivity (Wildman–Crippen MR) is 73.3 cm³/mol. The van der Waals surface area contributed by atoms with Crippen LogP contribution in [0.3, 0.4) is 0 Å². The summed E-state index contributed by atoms with van der Waals surface area (Å²) in [5.41, 5.74) is 2.06. The predicted octanol–water partition coefficient (Wildman–Crippen LogP) is 2.48. The summed E-state index contributed by atoms with van der Waals surface area (Å²) >= 11 is 0. The molecule has 0 aromatic carbocycles. The molecule has 1 N–H and O–H groups in total. The number of nitrogens with one attached hydrogen (secondary N) is 1. The lowest BCUT2D eigenvalue weighted by Gasteiger charge is -2.08. The first-order valence-electron chi connectivity index (χ1n) is 6.11. The Balaban J connectivity index is 2.20. The van der Waals surface area contributed by atoms with Gasteiger partial charge in [0.1, 0.15) is 23.9 Å². The third-order valence-corrected chi connectivity index (χ3v) is 2.53. The Morgan fingerprint density at radius 2 is 2.11 bits per heavy atom. The van der Waals surface area contributed by atoms with Gasteiger partial charge < -0.3 is 5.32 Å². The first kappa shape index (κ1) is 13.0. The first-order valence-corrected chi connectivity index (χ1v) is 6.11. The number of hydrogen-bond acceptors (Lipinski definition) is 5. The molecule has 0 fully saturated rings. The van der Waals surface area contributed by atoms with E-state index in [9.17, 15) is 0 Å². The molecule has 0 unspecified atom stereocenters. The van der Waals surface area contributed by atoms with Crippen LogP contribution in [0.2, 0.25) is 0 Å². The monoisotopic (exact) mass is 253 g/mol. The van der Waals surface area contributed by atoms with E-state index in [-0.39, 0.29) is 0 Å². The second-order valence-electron chi connectivity index (χ2n) is 4.61. The molecule has 0 saturated carbocycles. The van der Waals surface area contributed by atoms with E-state index < -0.39 is 0 Å². The number of nitriles is 1. The van der Waals surface area contributed by atoms with Crippen LogP contribution in [0.25, 0.3) is 11.3 Å². The first-order chi connectivity index (χ1) is 9.19. The summed E-state index contributed by atoms with van der Waals surface area (Å²) in [6.07, 6.45) is 3.17. The van der Waals surface area contributed by atoms with Crippen molar-refractivity contribution in [1.29, 1.82) is 5.26 Å². The van der Waals surface area contributed by atoms with Gasteiger partial charge in [-0.05, 0) is 18.1 Å². The second kappa shape index (κ2) is 5.91. The van der Waals surface area contributed by atoms with Crippen molar-refractivity contribution in [3.8, 4) is 17.3 Å². The molecule has 0 spiro atoms. The zero-order valence-corrected chi connectivity index (χ0v) is 11.0. The zero-order chi connectivity index (χ0) is 13.7. The molecule has 0 atom stereocenters. The number of hydrogen-bond donors (Lipinski definition) is 1. The molecule has 2 aromatic heterocycles. The molecule has 19 heavy (non-hydrogen) atoms. The van der Waals surface area contributed by atoms with Crippen LogP contribution in [0.15, 0.2) is 30.7 Å². The Hall–Kier alpha value is -2.48. The number of anilines is 1. The van der Waals surface area contributed by atoms with Crippen molar-refractivity contribution in [2.45, 2.75) is 13.8 Å². The van der Waals surface area contributed by atoms with Crippen molar-refractivity contribution in [2.24, 2.45) is 5.92 Å². The molecule has 2 rings (SSSR count). The number of aromatic nitrogens is 3. The maximum absolute atomic E-state index is 8.72. The molecular weight excluding hydrogens is 238 g/mol. The van der Waals surface area contributed by atoms with Crippen molar-refractivity contribution in [2.75, 3.05) is 11.9 Å². The Morgan fingerprint density at radius 1 is 1.26 bits per heavy atom. The summed E-state index contributed by atoms with van der Waals surface area (Å²) in [4.78, 5) is 12.4. The average Bonchev–Trinajstić information content (AvgIpc) is 2.45. The SMILES string of the molecule is CC(C)CNc1cc(-c2ccc(C#N)nc2)ncn1. The van der Waals surface area contributed by atoms with E-state index in [2.05, 4.69) is 34.1 Å². The van der Waals surface area contributed by atoms with Gasteiger partial charge in [0.25, 0.3) is 0 Å². The van der Waals surface area contributed by atoms with Gasteiger partial charge in [-0.2, -0.15) is 5.26 Å². The van der Waals surface area contributed by atoms with E-state index in [1.54, 1.807) is 12.3 Å². The normalized spacial score (nSPS) is 10.2. The molecule has 0 bridgehead atoms. The van der Waals surface area contributed by atoms with Gasteiger partial charge in [0.15, 0.2) is 0 Å². The highest BCUT2D eigenvalue weighted by Gasteiger charge is 2.03. The maximum atomic E-state index is 8.72. The fourth-order valence-electron chi connectivity index (χ4n) is 1.53. The van der Waals surface area contributed by atoms with Crippen molar-refractivity contribution >= 4 is 5.82 Å². The molecule has 5 heteroatoms. The number of rotatable bonds is 4. The fourth-order valence-corrected chi connectivity index (χ4v) is 1.53. The van der Waals surface area contributed by atoms with Gasteiger partial charge in [0.05, 0.1) is 5.69 Å². The highest BCUT2D eigenvalue weighted by molar-refractivity contribution is 5.61. The van der Waals surface area contributed by atoms with E-state index >= 15 is 0 Å². The third kappa shape index (κ3) is 3.49. The minimum absolute atomic E-state index is 0.399. The standard InChI is InChI=1S/C14H15N5/c1-10(2)7-17-14-5-13(18-9-19-14)11-3-4-12(6-15)16-8-11/h3-5,8-10H,7H2,1-2H3,(H,17,18,19). The van der Waals surface area contributed by atoms with Gasteiger partial charge in [0, 0.05) is 24.4 Å². The summed E-state index contributed by atoms with van der Waals surface area (Å²) in [7, 11) is 0. The van der Waals surface area contributed by atoms with E-state index in [4.69, 9.17) is 5.26 Å². The highest BCUT2D eigenvalue weighted by Crippen LogP contribution is 2.18. The summed E-state index contributed by atoms with van der Waals surface area (Å²) in [6, 6.07) is 7.39. The molecule has 0 radical (unpaired) electrons. The topological polar surface area (TPSA) is 74.5 Å². The lowest BCUT2D eigenvalue weighted by molar-refractivity contribution is 0.687. The van der Waals surface area contributed by atoms with Crippen LogP contribution in [0.5, 0.6) is 0 Å². The second-order valence-corrected chi connectivity index (χ2v) is 4.61. The minimum Gasteiger partial charge on any atom is -0.370 e.